The van der Waals surface area contributed by atoms with Crippen molar-refractivity contribution in [3.8, 4) is 12.0 Å². The number of hydrogen-bond acceptors (Lipinski definition) is 3. The van der Waals surface area contributed by atoms with Crippen LogP contribution in [-0.4, -0.2) is 10.5 Å². The fourth-order valence-electron chi connectivity index (χ4n) is 2.95. The van der Waals surface area contributed by atoms with Gasteiger partial charge in [-0.15, -0.1) is 0 Å². The molecule has 26 heavy (non-hydrogen) atoms. The lowest BCUT2D eigenvalue weighted by Gasteiger charge is -2.14. The lowest BCUT2D eigenvalue weighted by molar-refractivity contribution is 0.0938. The summed E-state index contributed by atoms with van der Waals surface area (Å²) in [7, 11) is 0. The van der Waals surface area contributed by atoms with Crippen molar-refractivity contribution in [1.82, 2.24) is 9.88 Å². The number of nitrogens with one attached hydrogen (secondary N) is 1. The molecule has 0 spiro atoms. The molecule has 132 valence electrons. The van der Waals surface area contributed by atoms with Gasteiger partial charge in [0.1, 0.15) is 23.0 Å². The van der Waals surface area contributed by atoms with Crippen LogP contribution in [0.4, 0.5) is 0 Å². The summed E-state index contributed by atoms with van der Waals surface area (Å²) in [6.45, 7) is 5.73. The van der Waals surface area contributed by atoms with Crippen molar-refractivity contribution < 1.29 is 9.21 Å². The van der Waals surface area contributed by atoms with Gasteiger partial charge < -0.3 is 9.73 Å². The highest BCUT2D eigenvalue weighted by Gasteiger charge is 2.25. The van der Waals surface area contributed by atoms with Gasteiger partial charge >= 0.3 is 0 Å². The molecule has 1 amide bonds. The zero-order valence-electron chi connectivity index (χ0n) is 15.1. The van der Waals surface area contributed by atoms with Gasteiger partial charge in [0.2, 0.25) is 5.88 Å². The average molecular weight is 347 g/mol. The minimum atomic E-state index is -0.312. The van der Waals surface area contributed by atoms with Crippen LogP contribution in [0.15, 0.2) is 53.2 Å². The van der Waals surface area contributed by atoms with Crippen LogP contribution in [0, 0.1) is 18.3 Å². The minimum absolute atomic E-state index is 0.177. The summed E-state index contributed by atoms with van der Waals surface area (Å²) < 4.78 is 7.39. The minimum Gasteiger partial charge on any atom is -0.443 e. The van der Waals surface area contributed by atoms with Crippen LogP contribution in [0.1, 0.15) is 52.7 Å². The fourth-order valence-corrected chi connectivity index (χ4v) is 2.95. The smallest absolute Gasteiger partial charge is 0.256 e. The molecule has 0 aliphatic carbocycles. The van der Waals surface area contributed by atoms with E-state index < -0.39 is 0 Å². The molecular formula is C21H21N3O2. The number of rotatable bonds is 5. The summed E-state index contributed by atoms with van der Waals surface area (Å²) >= 11 is 0. The SMILES string of the molecule is CCc1ccc([C@@H](C)NC(=O)c2c(C)oc(-n3cccc3)c2C#N)cc1. The molecule has 0 saturated carbocycles. The zero-order chi connectivity index (χ0) is 18.7. The van der Waals surface area contributed by atoms with E-state index in [0.29, 0.717) is 11.6 Å². The molecule has 0 saturated heterocycles. The number of benzene rings is 1. The van der Waals surface area contributed by atoms with Gasteiger partial charge in [0.15, 0.2) is 0 Å². The number of hydrogen-bond donors (Lipinski definition) is 1. The summed E-state index contributed by atoms with van der Waals surface area (Å²) in [6.07, 6.45) is 4.53. The number of amides is 1. The maximum absolute atomic E-state index is 12.8. The molecule has 0 bridgehead atoms. The molecule has 1 atom stereocenters. The van der Waals surface area contributed by atoms with Gasteiger partial charge in [-0.1, -0.05) is 31.2 Å². The van der Waals surface area contributed by atoms with E-state index in [-0.39, 0.29) is 23.1 Å². The summed E-state index contributed by atoms with van der Waals surface area (Å²) in [5, 5.41) is 12.5. The molecule has 0 aliphatic heterocycles. The molecule has 3 aromatic rings. The second-order valence-electron chi connectivity index (χ2n) is 6.21. The zero-order valence-corrected chi connectivity index (χ0v) is 15.1. The molecule has 0 fully saturated rings. The Hall–Kier alpha value is -3.26. The van der Waals surface area contributed by atoms with E-state index in [1.807, 2.05) is 31.2 Å². The summed E-state index contributed by atoms with van der Waals surface area (Å²) in [4.78, 5) is 12.8. The Morgan fingerprint density at radius 1 is 1.27 bits per heavy atom. The normalized spacial score (nSPS) is 11.8. The van der Waals surface area contributed by atoms with E-state index >= 15 is 0 Å². The first-order valence-corrected chi connectivity index (χ1v) is 8.61. The van der Waals surface area contributed by atoms with Crippen molar-refractivity contribution in [1.29, 1.82) is 5.26 Å². The van der Waals surface area contributed by atoms with Crippen LogP contribution in [-0.2, 0) is 6.42 Å². The van der Waals surface area contributed by atoms with Gasteiger partial charge in [-0.2, -0.15) is 5.26 Å². The highest BCUT2D eigenvalue weighted by atomic mass is 16.4. The summed E-state index contributed by atoms with van der Waals surface area (Å²) in [6, 6.07) is 13.8. The van der Waals surface area contributed by atoms with E-state index in [4.69, 9.17) is 4.42 Å². The predicted octanol–water partition coefficient (Wildman–Crippen LogP) is 4.30. The maximum Gasteiger partial charge on any atom is 0.256 e. The number of nitriles is 1. The molecule has 1 N–H and O–H groups in total. The third kappa shape index (κ3) is 3.27. The van der Waals surface area contributed by atoms with Crippen LogP contribution < -0.4 is 5.32 Å². The van der Waals surface area contributed by atoms with Crippen LogP contribution in [0.25, 0.3) is 5.88 Å². The summed E-state index contributed by atoms with van der Waals surface area (Å²) in [5.41, 5.74) is 2.79. The molecule has 2 aromatic heterocycles. The van der Waals surface area contributed by atoms with Crippen LogP contribution in [0.2, 0.25) is 0 Å². The van der Waals surface area contributed by atoms with Crippen LogP contribution in [0.3, 0.4) is 0 Å². The van der Waals surface area contributed by atoms with Gasteiger partial charge in [-0.3, -0.25) is 9.36 Å². The van der Waals surface area contributed by atoms with Crippen LogP contribution >= 0.6 is 0 Å². The molecule has 2 heterocycles. The Labute approximate surface area is 152 Å². The second-order valence-corrected chi connectivity index (χ2v) is 6.21. The van der Waals surface area contributed by atoms with E-state index in [2.05, 4.69) is 30.4 Å². The van der Waals surface area contributed by atoms with Crippen LogP contribution in [0.5, 0.6) is 0 Å². The maximum atomic E-state index is 12.8. The highest BCUT2D eigenvalue weighted by Crippen LogP contribution is 2.26. The van der Waals surface area contributed by atoms with Crippen molar-refractivity contribution in [3.05, 3.63) is 76.8 Å². The van der Waals surface area contributed by atoms with Crippen molar-refractivity contribution >= 4 is 5.91 Å². The quantitative estimate of drug-likeness (QED) is 0.748. The average Bonchev–Trinajstić information content (AvgIpc) is 3.28. The molecule has 3 rings (SSSR count). The van der Waals surface area contributed by atoms with Crippen molar-refractivity contribution in [3.63, 3.8) is 0 Å². The van der Waals surface area contributed by atoms with E-state index in [0.717, 1.165) is 12.0 Å². The van der Waals surface area contributed by atoms with Crippen molar-refractivity contribution in [2.45, 2.75) is 33.2 Å². The standard InChI is InChI=1S/C21H21N3O2/c1-4-16-7-9-17(10-8-16)14(2)23-20(25)19-15(3)26-21(18(19)13-22)24-11-5-6-12-24/h5-12,14H,4H2,1-3H3,(H,23,25)/t14-/m1/s1. The third-order valence-corrected chi connectivity index (χ3v) is 4.48. The largest absolute Gasteiger partial charge is 0.443 e. The Morgan fingerprint density at radius 3 is 2.50 bits per heavy atom. The first-order valence-electron chi connectivity index (χ1n) is 8.61. The van der Waals surface area contributed by atoms with E-state index in [1.165, 1.54) is 5.56 Å². The first kappa shape index (κ1) is 17.6. The number of nitrogens with zero attached hydrogens (tertiary/aromatic N) is 2. The first-order chi connectivity index (χ1) is 12.5. The Kier molecular flexibility index (Phi) is 4.94. The number of aryl methyl sites for hydroxylation is 2. The fraction of sp³-hybridized carbons (Fsp3) is 0.238. The Morgan fingerprint density at radius 2 is 1.92 bits per heavy atom. The molecule has 0 aliphatic rings. The molecule has 0 radical (unpaired) electrons. The predicted molar refractivity (Wildman–Crippen MR) is 99.2 cm³/mol. The lowest BCUT2D eigenvalue weighted by atomic mass is 10.0. The second kappa shape index (κ2) is 7.32. The molecule has 5 heteroatoms. The molecule has 5 nitrogen and oxygen atoms in total. The van der Waals surface area contributed by atoms with Crippen molar-refractivity contribution in [2.24, 2.45) is 0 Å². The number of carbonyl (C=O) groups is 1. The van der Waals surface area contributed by atoms with Crippen molar-refractivity contribution in [2.75, 3.05) is 0 Å². The van der Waals surface area contributed by atoms with E-state index in [9.17, 15) is 10.1 Å². The lowest BCUT2D eigenvalue weighted by Crippen LogP contribution is -2.27. The van der Waals surface area contributed by atoms with Gasteiger partial charge in [0.25, 0.3) is 5.91 Å². The molecular weight excluding hydrogens is 326 g/mol. The molecule has 1 aromatic carbocycles. The number of carbonyl (C=O) groups excluding carboxylic acids is 1. The highest BCUT2D eigenvalue weighted by molar-refractivity contribution is 5.98. The Balaban J connectivity index is 1.87. The number of furan rings is 1. The van der Waals surface area contributed by atoms with Gasteiger partial charge in [0, 0.05) is 12.4 Å². The Bertz CT molecular complexity index is 945. The topological polar surface area (TPSA) is 71.0 Å². The summed E-state index contributed by atoms with van der Waals surface area (Å²) in [5.74, 6) is 0.477. The van der Waals surface area contributed by atoms with Gasteiger partial charge in [-0.25, -0.2) is 0 Å². The van der Waals surface area contributed by atoms with Gasteiger partial charge in [0.05, 0.1) is 6.04 Å². The van der Waals surface area contributed by atoms with Gasteiger partial charge in [-0.05, 0) is 43.5 Å². The molecule has 0 unspecified atom stereocenters. The number of aromatic nitrogens is 1. The van der Waals surface area contributed by atoms with E-state index in [1.54, 1.807) is 23.9 Å². The monoisotopic (exact) mass is 347 g/mol. The third-order valence-electron chi connectivity index (χ3n) is 4.48.